The quantitative estimate of drug-likeness (QED) is 0.647. The Hall–Kier alpha value is -2.07. The van der Waals surface area contributed by atoms with Gasteiger partial charge in [0.2, 0.25) is 0 Å². The molecule has 0 amide bonds. The maximum Gasteiger partial charge on any atom is 0.186 e. The fourth-order valence-electron chi connectivity index (χ4n) is 3.06. The summed E-state index contributed by atoms with van der Waals surface area (Å²) < 4.78 is 0. The van der Waals surface area contributed by atoms with Gasteiger partial charge in [-0.15, -0.1) is 0 Å². The van der Waals surface area contributed by atoms with E-state index in [2.05, 4.69) is 4.98 Å². The van der Waals surface area contributed by atoms with Crippen LogP contribution in [0.5, 0.6) is 0 Å². The van der Waals surface area contributed by atoms with Crippen molar-refractivity contribution in [1.82, 2.24) is 4.98 Å². The van der Waals surface area contributed by atoms with Gasteiger partial charge in [-0.3, -0.25) is 14.6 Å². The number of ketones is 2. The molecule has 0 bridgehead atoms. The van der Waals surface area contributed by atoms with Crippen molar-refractivity contribution in [3.8, 4) is 0 Å². The zero-order valence-electron chi connectivity index (χ0n) is 13.9. The molecule has 1 atom stereocenters. The highest BCUT2D eigenvalue weighted by Crippen LogP contribution is 2.37. The molecule has 0 spiro atoms. The molecule has 1 aliphatic carbocycles. The van der Waals surface area contributed by atoms with Gasteiger partial charge < -0.3 is 5.11 Å². The summed E-state index contributed by atoms with van der Waals surface area (Å²) in [6, 6.07) is 3.78. The topological polar surface area (TPSA) is 67.3 Å². The van der Waals surface area contributed by atoms with Gasteiger partial charge in [-0.25, -0.2) is 0 Å². The van der Waals surface area contributed by atoms with E-state index in [0.29, 0.717) is 35.1 Å². The molecule has 1 aromatic heterocycles. The second kappa shape index (κ2) is 7.47. The maximum atomic E-state index is 12.8. The molecule has 0 aromatic carbocycles. The number of rotatable bonds is 6. The van der Waals surface area contributed by atoms with E-state index < -0.39 is 0 Å². The third kappa shape index (κ3) is 3.48. The summed E-state index contributed by atoms with van der Waals surface area (Å²) in [6.45, 7) is 5.29. The zero-order valence-corrected chi connectivity index (χ0v) is 13.9. The van der Waals surface area contributed by atoms with Crippen molar-refractivity contribution in [2.45, 2.75) is 46.0 Å². The van der Waals surface area contributed by atoms with Crippen LogP contribution in [0.25, 0.3) is 0 Å². The lowest BCUT2D eigenvalue weighted by atomic mass is 9.76. The number of hydrogen-bond donors (Lipinski definition) is 1. The van der Waals surface area contributed by atoms with Gasteiger partial charge in [-0.05, 0) is 45.2 Å². The van der Waals surface area contributed by atoms with E-state index in [0.717, 1.165) is 12.0 Å². The molecule has 0 saturated carbocycles. The average Bonchev–Trinajstić information content (AvgIpc) is 2.58. The van der Waals surface area contributed by atoms with E-state index in [1.165, 1.54) is 0 Å². The van der Waals surface area contributed by atoms with Gasteiger partial charge in [0.1, 0.15) is 0 Å². The minimum absolute atomic E-state index is 0.0440. The lowest BCUT2D eigenvalue weighted by molar-refractivity contribution is -0.116. The third-order valence-electron chi connectivity index (χ3n) is 4.57. The molecular weight excluding hydrogens is 290 g/mol. The van der Waals surface area contributed by atoms with Gasteiger partial charge in [0.05, 0.1) is 0 Å². The monoisotopic (exact) mass is 313 g/mol. The summed E-state index contributed by atoms with van der Waals surface area (Å²) in [4.78, 5) is 29.4. The molecule has 1 unspecified atom stereocenters. The number of allylic oxidation sites excluding steroid dienone is 4. The van der Waals surface area contributed by atoms with E-state index in [4.69, 9.17) is 5.11 Å². The molecule has 23 heavy (non-hydrogen) atoms. The van der Waals surface area contributed by atoms with Gasteiger partial charge >= 0.3 is 0 Å². The predicted octanol–water partition coefficient (Wildman–Crippen LogP) is 3.13. The van der Waals surface area contributed by atoms with Crippen molar-refractivity contribution in [3.63, 3.8) is 0 Å². The molecule has 1 N–H and O–H groups in total. The first-order valence-electron chi connectivity index (χ1n) is 7.97. The van der Waals surface area contributed by atoms with Gasteiger partial charge in [0.25, 0.3) is 0 Å². The number of carbonyl (C=O) groups is 2. The molecule has 0 saturated heterocycles. The molecule has 122 valence electrons. The number of aliphatic hydroxyl groups is 1. The molecular formula is C19H23NO3. The van der Waals surface area contributed by atoms with Gasteiger partial charge in [0, 0.05) is 47.2 Å². The molecule has 2 rings (SSSR count). The minimum Gasteiger partial charge on any atom is -0.396 e. The van der Waals surface area contributed by atoms with Crippen molar-refractivity contribution in [2.75, 3.05) is 6.61 Å². The Morgan fingerprint density at radius 1 is 1.04 bits per heavy atom. The number of aliphatic hydroxyl groups excluding tert-OH is 1. The summed E-state index contributed by atoms with van der Waals surface area (Å²) in [7, 11) is 0. The highest BCUT2D eigenvalue weighted by molar-refractivity contribution is 6.25. The minimum atomic E-state index is -0.158. The number of nitrogens with zero attached hydrogens (tertiary/aromatic N) is 1. The van der Waals surface area contributed by atoms with Crippen LogP contribution in [-0.2, 0) is 9.59 Å². The summed E-state index contributed by atoms with van der Waals surface area (Å²) in [5, 5.41) is 9.03. The van der Waals surface area contributed by atoms with Crippen LogP contribution >= 0.6 is 0 Å². The average molecular weight is 313 g/mol. The van der Waals surface area contributed by atoms with Crippen molar-refractivity contribution in [1.29, 1.82) is 0 Å². The lowest BCUT2D eigenvalue weighted by Crippen LogP contribution is -2.24. The normalized spacial score (nSPS) is 17.0. The first-order valence-corrected chi connectivity index (χ1v) is 7.97. The summed E-state index contributed by atoms with van der Waals surface area (Å²) in [6.07, 6.45) is 5.63. The fraction of sp³-hybridized carbons (Fsp3) is 0.421. The van der Waals surface area contributed by atoms with E-state index in [-0.39, 0.29) is 24.1 Å². The molecule has 1 heterocycles. The lowest BCUT2D eigenvalue weighted by Gasteiger charge is -2.26. The summed E-state index contributed by atoms with van der Waals surface area (Å²) in [5.41, 5.74) is 3.14. The number of aromatic nitrogens is 1. The predicted molar refractivity (Wildman–Crippen MR) is 89.0 cm³/mol. The standard InChI is InChI=1S/C19H23NO3/c1-12-13(2)19(23)17(14(3)18(12)22)16(8-4-5-10-21)15-7-6-9-20-11-15/h6-7,9,11,16,21H,4-5,8,10H2,1-3H3. The van der Waals surface area contributed by atoms with Crippen molar-refractivity contribution in [3.05, 3.63) is 52.4 Å². The Morgan fingerprint density at radius 3 is 2.35 bits per heavy atom. The summed E-state index contributed by atoms with van der Waals surface area (Å²) >= 11 is 0. The maximum absolute atomic E-state index is 12.8. The van der Waals surface area contributed by atoms with Crippen LogP contribution in [0.3, 0.4) is 0 Å². The van der Waals surface area contributed by atoms with E-state index in [1.807, 2.05) is 12.1 Å². The Kier molecular flexibility index (Phi) is 5.61. The summed E-state index contributed by atoms with van der Waals surface area (Å²) in [5.74, 6) is -0.250. The Bertz CT molecular complexity index is 671. The molecule has 0 fully saturated rings. The Labute approximate surface area is 136 Å². The zero-order chi connectivity index (χ0) is 17.0. The second-order valence-electron chi connectivity index (χ2n) is 6.01. The number of Topliss-reactive ketones (excluding diaryl/α,β-unsaturated/α-hetero) is 2. The highest BCUT2D eigenvalue weighted by atomic mass is 16.2. The van der Waals surface area contributed by atoms with Crippen LogP contribution in [-0.4, -0.2) is 28.3 Å². The number of hydrogen-bond acceptors (Lipinski definition) is 4. The second-order valence-corrected chi connectivity index (χ2v) is 6.01. The first-order chi connectivity index (χ1) is 11.0. The number of unbranched alkanes of at least 4 members (excludes halogenated alkanes) is 1. The van der Waals surface area contributed by atoms with Gasteiger partial charge in [0.15, 0.2) is 11.6 Å². The largest absolute Gasteiger partial charge is 0.396 e. The highest BCUT2D eigenvalue weighted by Gasteiger charge is 2.33. The molecule has 4 heteroatoms. The SMILES string of the molecule is CC1=C(C)C(=O)C(C(CCCCO)c2cccnc2)=C(C)C1=O. The van der Waals surface area contributed by atoms with Gasteiger partial charge in [-0.2, -0.15) is 0 Å². The van der Waals surface area contributed by atoms with Crippen LogP contribution in [0.4, 0.5) is 0 Å². The van der Waals surface area contributed by atoms with Crippen LogP contribution in [0.2, 0.25) is 0 Å². The van der Waals surface area contributed by atoms with Crippen molar-refractivity contribution >= 4 is 11.6 Å². The van der Waals surface area contributed by atoms with Gasteiger partial charge in [-0.1, -0.05) is 12.5 Å². The number of carbonyl (C=O) groups excluding carboxylic acids is 2. The molecule has 1 aromatic rings. The molecule has 0 aliphatic heterocycles. The van der Waals surface area contributed by atoms with E-state index in [9.17, 15) is 9.59 Å². The number of pyridine rings is 1. The van der Waals surface area contributed by atoms with Crippen molar-refractivity contribution in [2.24, 2.45) is 0 Å². The third-order valence-corrected chi connectivity index (χ3v) is 4.57. The van der Waals surface area contributed by atoms with Crippen LogP contribution in [0.15, 0.2) is 46.8 Å². The van der Waals surface area contributed by atoms with Crippen LogP contribution in [0, 0.1) is 0 Å². The molecule has 4 nitrogen and oxygen atoms in total. The van der Waals surface area contributed by atoms with Crippen LogP contribution in [0.1, 0.15) is 51.5 Å². The fourth-order valence-corrected chi connectivity index (χ4v) is 3.06. The van der Waals surface area contributed by atoms with E-state index in [1.54, 1.807) is 33.2 Å². The Morgan fingerprint density at radius 2 is 1.74 bits per heavy atom. The molecule has 1 aliphatic rings. The smallest absolute Gasteiger partial charge is 0.186 e. The van der Waals surface area contributed by atoms with E-state index >= 15 is 0 Å². The van der Waals surface area contributed by atoms with Crippen LogP contribution < -0.4 is 0 Å². The molecule has 0 radical (unpaired) electrons. The Balaban J connectivity index is 2.46. The first kappa shape index (κ1) is 17.3. The van der Waals surface area contributed by atoms with Crippen molar-refractivity contribution < 1.29 is 14.7 Å².